The Hall–Kier alpha value is -2.42. The number of hydrogen-bond acceptors (Lipinski definition) is 2. The third-order valence-corrected chi connectivity index (χ3v) is 3.78. The minimum Gasteiger partial charge on any atom is -0.322 e. The van der Waals surface area contributed by atoms with E-state index in [9.17, 15) is 4.79 Å². The Morgan fingerprint density at radius 1 is 1.32 bits per heavy atom. The van der Waals surface area contributed by atoms with Gasteiger partial charge in [0.25, 0.3) is 5.91 Å². The van der Waals surface area contributed by atoms with Gasteiger partial charge >= 0.3 is 0 Å². The van der Waals surface area contributed by atoms with E-state index in [0.29, 0.717) is 0 Å². The number of carbonyl (C=O) groups excluding carboxylic acids is 1. The van der Waals surface area contributed by atoms with Crippen LogP contribution in [0.5, 0.6) is 0 Å². The summed E-state index contributed by atoms with van der Waals surface area (Å²) in [5.41, 5.74) is 7.67. The minimum atomic E-state index is -0.0469. The van der Waals surface area contributed by atoms with Crippen molar-refractivity contribution in [1.82, 2.24) is 4.98 Å². The summed E-state index contributed by atoms with van der Waals surface area (Å²) in [5, 5.41) is 2.95. The number of carbonyl (C=O) groups is 1. The van der Waals surface area contributed by atoms with Crippen molar-refractivity contribution in [3.8, 4) is 0 Å². The molecule has 0 radical (unpaired) electrons. The van der Waals surface area contributed by atoms with Gasteiger partial charge in [-0.1, -0.05) is 6.08 Å². The van der Waals surface area contributed by atoms with Crippen molar-refractivity contribution < 1.29 is 4.79 Å². The summed E-state index contributed by atoms with van der Waals surface area (Å²) >= 11 is 0. The molecule has 1 saturated carbocycles. The first-order chi connectivity index (χ1) is 9.24. The van der Waals surface area contributed by atoms with Gasteiger partial charge in [-0.25, -0.2) is 0 Å². The zero-order chi connectivity index (χ0) is 13.0. The molecular formula is C16H12N2O. The number of anilines is 1. The highest BCUT2D eigenvalue weighted by molar-refractivity contribution is 6.09. The van der Waals surface area contributed by atoms with Crippen LogP contribution in [0.3, 0.4) is 0 Å². The number of allylic oxidation sites excluding steroid dienone is 6. The third kappa shape index (κ3) is 1.51. The molecule has 1 amide bonds. The van der Waals surface area contributed by atoms with Gasteiger partial charge in [0.05, 0.1) is 0 Å². The van der Waals surface area contributed by atoms with Gasteiger partial charge in [0.15, 0.2) is 0 Å². The van der Waals surface area contributed by atoms with Gasteiger partial charge < -0.3 is 5.32 Å². The van der Waals surface area contributed by atoms with E-state index >= 15 is 0 Å². The molecule has 1 aromatic heterocycles. The number of fused-ring (bicyclic) bond motifs is 2. The van der Waals surface area contributed by atoms with Crippen LogP contribution in [0.25, 0.3) is 0 Å². The third-order valence-electron chi connectivity index (χ3n) is 3.78. The van der Waals surface area contributed by atoms with Crippen molar-refractivity contribution in [2.45, 2.75) is 13.3 Å². The molecule has 1 fully saturated rings. The summed E-state index contributed by atoms with van der Waals surface area (Å²) < 4.78 is 0. The fourth-order valence-electron chi connectivity index (χ4n) is 2.64. The summed E-state index contributed by atoms with van der Waals surface area (Å²) in [6.07, 6.45) is 10.6. The molecule has 0 unspecified atom stereocenters. The summed E-state index contributed by atoms with van der Waals surface area (Å²) in [5.74, 6) is -0.0469. The number of aryl methyl sites for hydroxylation is 1. The lowest BCUT2D eigenvalue weighted by Gasteiger charge is -2.08. The second kappa shape index (κ2) is 3.54. The van der Waals surface area contributed by atoms with E-state index < -0.39 is 0 Å². The maximum Gasteiger partial charge on any atom is 0.256 e. The standard InChI is InChI=1S/C16H12N2O/c1-9-8-17-5-4-15(9)18-16(19)12-3-2-11-13-6-10(13)7-14(11)12/h2-5,7-8H,6H2,1H3,(H,17,18,19). The monoisotopic (exact) mass is 248 g/mol. The van der Waals surface area contributed by atoms with E-state index in [-0.39, 0.29) is 5.91 Å². The minimum absolute atomic E-state index is 0.0469. The highest BCUT2D eigenvalue weighted by Gasteiger charge is 2.35. The molecule has 0 atom stereocenters. The Labute approximate surface area is 111 Å². The van der Waals surface area contributed by atoms with Crippen molar-refractivity contribution in [2.24, 2.45) is 0 Å². The molecule has 1 N–H and O–H groups in total. The van der Waals surface area contributed by atoms with Crippen LogP contribution in [0.1, 0.15) is 12.0 Å². The maximum atomic E-state index is 12.3. The largest absolute Gasteiger partial charge is 0.322 e. The molecule has 0 spiro atoms. The van der Waals surface area contributed by atoms with Crippen LogP contribution in [0, 0.1) is 6.92 Å². The van der Waals surface area contributed by atoms with E-state index in [1.54, 1.807) is 12.4 Å². The van der Waals surface area contributed by atoms with Gasteiger partial charge in [-0.15, -0.1) is 0 Å². The Morgan fingerprint density at radius 2 is 2.21 bits per heavy atom. The molecule has 19 heavy (non-hydrogen) atoms. The first kappa shape index (κ1) is 10.5. The van der Waals surface area contributed by atoms with Crippen molar-refractivity contribution in [3.63, 3.8) is 0 Å². The second-order valence-electron chi connectivity index (χ2n) is 5.04. The quantitative estimate of drug-likeness (QED) is 0.874. The molecule has 0 aromatic carbocycles. The van der Waals surface area contributed by atoms with Gasteiger partial charge in [-0.05, 0) is 59.4 Å². The average Bonchev–Trinajstić information content (AvgIpc) is 2.89. The molecule has 1 heterocycles. The van der Waals surface area contributed by atoms with Crippen molar-refractivity contribution in [3.05, 3.63) is 70.1 Å². The summed E-state index contributed by atoms with van der Waals surface area (Å²) in [4.78, 5) is 16.4. The number of aromatic nitrogens is 1. The first-order valence-electron chi connectivity index (χ1n) is 6.33. The molecule has 3 aliphatic carbocycles. The first-order valence-corrected chi connectivity index (χ1v) is 6.33. The summed E-state index contributed by atoms with van der Waals surface area (Å²) in [6.45, 7) is 1.94. The number of amides is 1. The molecule has 1 aromatic rings. The summed E-state index contributed by atoms with van der Waals surface area (Å²) in [6, 6.07) is 1.82. The topological polar surface area (TPSA) is 42.0 Å². The van der Waals surface area contributed by atoms with Gasteiger partial charge in [-0.3, -0.25) is 9.78 Å². The lowest BCUT2D eigenvalue weighted by atomic mass is 10.1. The molecule has 3 nitrogen and oxygen atoms in total. The Bertz CT molecular complexity index is 748. The smallest absolute Gasteiger partial charge is 0.256 e. The number of rotatable bonds is 2. The lowest BCUT2D eigenvalue weighted by molar-refractivity contribution is -0.112. The van der Waals surface area contributed by atoms with Crippen LogP contribution in [0.15, 0.2) is 64.6 Å². The predicted octanol–water partition coefficient (Wildman–Crippen LogP) is 2.84. The Morgan fingerprint density at radius 3 is 3.05 bits per heavy atom. The van der Waals surface area contributed by atoms with Gasteiger partial charge in [0, 0.05) is 23.7 Å². The molecule has 0 aliphatic heterocycles. The predicted molar refractivity (Wildman–Crippen MR) is 73.5 cm³/mol. The highest BCUT2D eigenvalue weighted by Crippen LogP contribution is 2.51. The van der Waals surface area contributed by atoms with E-state index in [2.05, 4.69) is 22.5 Å². The van der Waals surface area contributed by atoms with Gasteiger partial charge in [0.2, 0.25) is 0 Å². The van der Waals surface area contributed by atoms with E-state index in [0.717, 1.165) is 28.8 Å². The fourth-order valence-corrected chi connectivity index (χ4v) is 2.64. The van der Waals surface area contributed by atoms with Crippen molar-refractivity contribution in [2.75, 3.05) is 5.32 Å². The van der Waals surface area contributed by atoms with Crippen molar-refractivity contribution >= 4 is 11.6 Å². The van der Waals surface area contributed by atoms with Crippen LogP contribution >= 0.6 is 0 Å². The normalized spacial score (nSPS) is 18.5. The van der Waals surface area contributed by atoms with Gasteiger partial charge in [-0.2, -0.15) is 0 Å². The number of nitrogens with one attached hydrogen (secondary N) is 1. The molecule has 0 bridgehead atoms. The molecule has 3 heteroatoms. The highest BCUT2D eigenvalue weighted by atomic mass is 16.1. The van der Waals surface area contributed by atoms with Crippen LogP contribution in [0.4, 0.5) is 5.69 Å². The van der Waals surface area contributed by atoms with Crippen LogP contribution in [0.2, 0.25) is 0 Å². The lowest BCUT2D eigenvalue weighted by Crippen LogP contribution is -2.14. The molecule has 0 saturated heterocycles. The average molecular weight is 248 g/mol. The molecular weight excluding hydrogens is 236 g/mol. The Kier molecular flexibility index (Phi) is 1.96. The summed E-state index contributed by atoms with van der Waals surface area (Å²) in [7, 11) is 0. The van der Waals surface area contributed by atoms with Crippen LogP contribution in [-0.2, 0) is 4.79 Å². The number of nitrogens with zero attached hydrogens (tertiary/aromatic N) is 1. The Balaban J connectivity index is 1.65. The number of hydrogen-bond donors (Lipinski definition) is 1. The van der Waals surface area contributed by atoms with E-state index in [4.69, 9.17) is 0 Å². The molecule has 3 aliphatic rings. The van der Waals surface area contributed by atoms with Gasteiger partial charge in [0.1, 0.15) is 0 Å². The van der Waals surface area contributed by atoms with Crippen molar-refractivity contribution in [1.29, 1.82) is 0 Å². The van der Waals surface area contributed by atoms with Crippen LogP contribution in [-0.4, -0.2) is 10.9 Å². The van der Waals surface area contributed by atoms with Crippen LogP contribution < -0.4 is 5.32 Å². The SMILES string of the molecule is Cc1cnccc1NC(=O)C1=C2C=C3CC3=C2C=C1. The van der Waals surface area contributed by atoms with E-state index in [1.807, 2.05) is 19.1 Å². The van der Waals surface area contributed by atoms with E-state index in [1.165, 1.54) is 16.7 Å². The zero-order valence-electron chi connectivity index (χ0n) is 10.5. The zero-order valence-corrected chi connectivity index (χ0v) is 10.5. The molecule has 4 rings (SSSR count). The second-order valence-corrected chi connectivity index (χ2v) is 5.04. The maximum absolute atomic E-state index is 12.3. The fraction of sp³-hybridized carbons (Fsp3) is 0.125. The number of pyridine rings is 1. The molecule has 92 valence electrons.